The number of carbonyl (C=O) groups is 4. The molecule has 1 aliphatic heterocycles. The maximum absolute atomic E-state index is 12.5. The highest BCUT2D eigenvalue weighted by Crippen LogP contribution is 2.19. The van der Waals surface area contributed by atoms with Crippen LogP contribution >= 0.6 is 0 Å². The van der Waals surface area contributed by atoms with Crippen LogP contribution in [-0.4, -0.2) is 85.4 Å². The summed E-state index contributed by atoms with van der Waals surface area (Å²) < 4.78 is 20.7. The first-order valence-electron chi connectivity index (χ1n) is 15.7. The van der Waals surface area contributed by atoms with Crippen LogP contribution in [0, 0.1) is 0 Å². The van der Waals surface area contributed by atoms with E-state index in [1.165, 1.54) is 26.2 Å². The summed E-state index contributed by atoms with van der Waals surface area (Å²) in [6, 6.07) is 6.72. The van der Waals surface area contributed by atoms with E-state index in [1.807, 2.05) is 12.2 Å². The maximum Gasteiger partial charge on any atom is 0.347 e. The first kappa shape index (κ1) is 35.7. The lowest BCUT2D eigenvalue weighted by Gasteiger charge is -2.36. The number of anilines is 2. The highest BCUT2D eigenvalue weighted by molar-refractivity contribution is 5.92. The normalized spacial score (nSPS) is 14.6. The molecule has 0 bridgehead atoms. The molecule has 3 rings (SSSR count). The van der Waals surface area contributed by atoms with Gasteiger partial charge in [-0.25, -0.2) is 29.1 Å². The van der Waals surface area contributed by atoms with E-state index in [0.29, 0.717) is 37.8 Å². The number of aromatic nitrogens is 2. The smallest absolute Gasteiger partial charge is 0.347 e. The van der Waals surface area contributed by atoms with Gasteiger partial charge in [-0.3, -0.25) is 0 Å². The molecule has 0 radical (unpaired) electrons. The van der Waals surface area contributed by atoms with Crippen molar-refractivity contribution < 1.29 is 38.1 Å². The van der Waals surface area contributed by atoms with Crippen molar-refractivity contribution in [2.24, 2.45) is 0 Å². The number of unbranched alkanes of at least 4 members (excludes halogenated alkanes) is 2. The molecule has 0 N–H and O–H groups in total. The van der Waals surface area contributed by atoms with Crippen LogP contribution in [0.5, 0.6) is 0 Å². The third kappa shape index (κ3) is 11.3. The van der Waals surface area contributed by atoms with E-state index < -0.39 is 36.1 Å². The fraction of sp³-hybridized carbons (Fsp3) is 0.471. The monoisotopic (exact) mass is 636 g/mol. The van der Waals surface area contributed by atoms with Gasteiger partial charge in [-0.2, -0.15) is 0 Å². The number of carbonyl (C=O) groups excluding carboxylic acids is 4. The first-order valence-corrected chi connectivity index (χ1v) is 15.7. The molecule has 46 heavy (non-hydrogen) atoms. The average Bonchev–Trinajstić information content (AvgIpc) is 3.08. The molecule has 12 nitrogen and oxygen atoms in total. The number of pyridine rings is 2. The van der Waals surface area contributed by atoms with Gasteiger partial charge in [-0.1, -0.05) is 51.0 Å². The largest absolute Gasteiger partial charge is 0.459 e. The van der Waals surface area contributed by atoms with Crippen LogP contribution in [0.25, 0.3) is 0 Å². The Morgan fingerprint density at radius 2 is 1.07 bits per heavy atom. The number of hydrogen-bond donors (Lipinski definition) is 0. The fourth-order valence-corrected chi connectivity index (χ4v) is 4.31. The molecule has 0 aliphatic carbocycles. The van der Waals surface area contributed by atoms with E-state index in [-0.39, 0.29) is 24.3 Å². The lowest BCUT2D eigenvalue weighted by Crippen LogP contribution is -2.47. The summed E-state index contributed by atoms with van der Waals surface area (Å²) in [7, 11) is 0. The SMILES string of the molecule is CCC/C=C/COC(=O)[C@H](C)OC(=O)c1ccc(N2CCN(c3ccc(C(=O)O[C@@H](C)C(=O)OC/C=C/CCC)cn3)CC2)nc1. The minimum atomic E-state index is -1.04. The minimum Gasteiger partial charge on any atom is -0.459 e. The van der Waals surface area contributed by atoms with Crippen LogP contribution < -0.4 is 9.80 Å². The van der Waals surface area contributed by atoms with Crippen LogP contribution in [0.4, 0.5) is 11.6 Å². The summed E-state index contributed by atoms with van der Waals surface area (Å²) in [4.78, 5) is 62.2. The molecule has 248 valence electrons. The first-order chi connectivity index (χ1) is 22.2. The molecule has 2 aromatic heterocycles. The van der Waals surface area contributed by atoms with E-state index in [2.05, 4.69) is 33.6 Å². The van der Waals surface area contributed by atoms with Gasteiger partial charge in [0.25, 0.3) is 0 Å². The standard InChI is InChI=1S/C34H44N4O8/c1-5-7-9-11-21-43-31(39)25(3)45-33(41)27-13-15-29(35-23-27)37-17-19-38(20-18-37)30-16-14-28(24-36-30)34(42)46-26(4)32(40)44-22-12-10-8-6-2/h9-16,23-26H,5-8,17-22H2,1-4H3/b11-9+,12-10+/t25-,26-/m0/s1. The second-order valence-electron chi connectivity index (χ2n) is 10.7. The van der Waals surface area contributed by atoms with Gasteiger partial charge in [0, 0.05) is 38.6 Å². The lowest BCUT2D eigenvalue weighted by atomic mass is 10.2. The molecular formula is C34H44N4O8. The number of allylic oxidation sites excluding steroid dienone is 2. The van der Waals surface area contributed by atoms with Crippen LogP contribution in [-0.2, 0) is 28.5 Å². The molecule has 0 saturated carbocycles. The van der Waals surface area contributed by atoms with Crippen LogP contribution in [0.15, 0.2) is 61.0 Å². The average molecular weight is 637 g/mol. The third-order valence-electron chi connectivity index (χ3n) is 7.01. The van der Waals surface area contributed by atoms with Crippen molar-refractivity contribution in [1.82, 2.24) is 9.97 Å². The zero-order chi connectivity index (χ0) is 33.3. The van der Waals surface area contributed by atoms with Gasteiger partial charge >= 0.3 is 23.9 Å². The van der Waals surface area contributed by atoms with Gasteiger partial charge in [-0.15, -0.1) is 0 Å². The van der Waals surface area contributed by atoms with E-state index in [1.54, 1.807) is 36.4 Å². The Morgan fingerprint density at radius 3 is 1.39 bits per heavy atom. The van der Waals surface area contributed by atoms with Gasteiger partial charge in [0.2, 0.25) is 0 Å². The second-order valence-corrected chi connectivity index (χ2v) is 10.7. The van der Waals surface area contributed by atoms with Crippen LogP contribution in [0.2, 0.25) is 0 Å². The Labute approximate surface area is 270 Å². The molecule has 0 unspecified atom stereocenters. The third-order valence-corrected chi connectivity index (χ3v) is 7.01. The van der Waals surface area contributed by atoms with Crippen LogP contribution in [0.3, 0.4) is 0 Å². The van der Waals surface area contributed by atoms with E-state index >= 15 is 0 Å². The number of nitrogens with zero attached hydrogens (tertiary/aromatic N) is 4. The molecule has 0 aromatic carbocycles. The molecule has 1 saturated heterocycles. The Kier molecular flexibility index (Phi) is 14.7. The molecule has 1 aliphatic rings. The van der Waals surface area contributed by atoms with Crippen molar-refractivity contribution in [2.75, 3.05) is 49.2 Å². The van der Waals surface area contributed by atoms with Gasteiger partial charge in [0.15, 0.2) is 12.2 Å². The van der Waals surface area contributed by atoms with Crippen molar-refractivity contribution in [2.45, 2.75) is 65.6 Å². The quantitative estimate of drug-likeness (QED) is 0.144. The summed E-state index contributed by atoms with van der Waals surface area (Å²) in [5.74, 6) is -1.12. The number of rotatable bonds is 16. The van der Waals surface area contributed by atoms with Gasteiger partial charge < -0.3 is 28.7 Å². The summed E-state index contributed by atoms with van der Waals surface area (Å²) in [6.45, 7) is 9.96. The molecule has 0 spiro atoms. The van der Waals surface area contributed by atoms with Crippen molar-refractivity contribution in [3.05, 3.63) is 72.1 Å². The fourth-order valence-electron chi connectivity index (χ4n) is 4.31. The topological polar surface area (TPSA) is 137 Å². The summed E-state index contributed by atoms with van der Waals surface area (Å²) in [6.07, 6.45) is 12.0. The molecule has 2 aromatic rings. The molecule has 2 atom stereocenters. The highest BCUT2D eigenvalue weighted by atomic mass is 16.6. The van der Waals surface area contributed by atoms with Crippen LogP contribution in [0.1, 0.15) is 74.1 Å². The van der Waals surface area contributed by atoms with Gasteiger partial charge in [0.1, 0.15) is 24.8 Å². The zero-order valence-electron chi connectivity index (χ0n) is 27.1. The lowest BCUT2D eigenvalue weighted by molar-refractivity contribution is -0.152. The zero-order valence-corrected chi connectivity index (χ0v) is 27.1. The highest BCUT2D eigenvalue weighted by Gasteiger charge is 2.24. The van der Waals surface area contributed by atoms with E-state index in [0.717, 1.165) is 25.7 Å². The number of piperazine rings is 1. The van der Waals surface area contributed by atoms with Gasteiger partial charge in [0.05, 0.1) is 11.1 Å². The van der Waals surface area contributed by atoms with Crippen molar-refractivity contribution in [3.63, 3.8) is 0 Å². The molecular weight excluding hydrogens is 592 g/mol. The Balaban J connectivity index is 1.43. The second kappa shape index (κ2) is 18.9. The van der Waals surface area contributed by atoms with E-state index in [9.17, 15) is 19.2 Å². The predicted octanol–water partition coefficient (Wildman–Crippen LogP) is 4.69. The van der Waals surface area contributed by atoms with Gasteiger partial charge in [-0.05, 0) is 51.0 Å². The van der Waals surface area contributed by atoms with Crippen molar-refractivity contribution in [1.29, 1.82) is 0 Å². The van der Waals surface area contributed by atoms with E-state index in [4.69, 9.17) is 18.9 Å². The minimum absolute atomic E-state index is 0.136. The predicted molar refractivity (Wildman–Crippen MR) is 173 cm³/mol. The number of hydrogen-bond acceptors (Lipinski definition) is 12. The number of esters is 4. The Bertz CT molecular complexity index is 1230. The summed E-state index contributed by atoms with van der Waals surface area (Å²) in [5.41, 5.74) is 0.470. The number of ether oxygens (including phenoxy) is 4. The molecule has 1 fully saturated rings. The van der Waals surface area contributed by atoms with Crippen molar-refractivity contribution in [3.8, 4) is 0 Å². The molecule has 12 heteroatoms. The van der Waals surface area contributed by atoms with Crippen molar-refractivity contribution >= 4 is 35.5 Å². The Hall–Kier alpha value is -4.74. The molecule has 3 heterocycles. The summed E-state index contributed by atoms with van der Waals surface area (Å²) in [5, 5.41) is 0. The summed E-state index contributed by atoms with van der Waals surface area (Å²) >= 11 is 0. The molecule has 0 amide bonds. The maximum atomic E-state index is 12.5. The Morgan fingerprint density at radius 1 is 0.674 bits per heavy atom.